The second-order valence-corrected chi connectivity index (χ2v) is 7.02. The first-order valence-electron chi connectivity index (χ1n) is 8.42. The molecule has 2 rings (SSSR count). The summed E-state index contributed by atoms with van der Waals surface area (Å²) in [6.45, 7) is 3.89. The van der Waals surface area contributed by atoms with Crippen molar-refractivity contribution in [2.45, 2.75) is 31.8 Å². The Balaban J connectivity index is 2.74. The summed E-state index contributed by atoms with van der Waals surface area (Å²) in [5.74, 6) is -1.05. The van der Waals surface area contributed by atoms with Crippen molar-refractivity contribution in [3.05, 3.63) is 41.7 Å². The van der Waals surface area contributed by atoms with Crippen LogP contribution in [0.1, 0.15) is 34.8 Å². The molecule has 1 aromatic heterocycles. The van der Waals surface area contributed by atoms with Gasteiger partial charge >= 0.3 is 16.1 Å². The third kappa shape index (κ3) is 3.80. The first kappa shape index (κ1) is 20.4. The minimum Gasteiger partial charge on any atom is -0.352 e. The van der Waals surface area contributed by atoms with Crippen molar-refractivity contribution in [3.8, 4) is 6.01 Å². The predicted molar refractivity (Wildman–Crippen MR) is 97.0 cm³/mol. The molecule has 146 valence electrons. The zero-order valence-electron chi connectivity index (χ0n) is 15.6. The average molecular weight is 395 g/mol. The van der Waals surface area contributed by atoms with E-state index in [9.17, 15) is 18.0 Å². The molecule has 2 aromatic rings. The van der Waals surface area contributed by atoms with Crippen molar-refractivity contribution in [3.63, 3.8) is 0 Å². The summed E-state index contributed by atoms with van der Waals surface area (Å²) in [6, 6.07) is 7.55. The molecule has 0 aliphatic heterocycles. The molecule has 1 aromatic carbocycles. The lowest BCUT2D eigenvalue weighted by Gasteiger charge is -2.06. The van der Waals surface area contributed by atoms with Gasteiger partial charge in [-0.3, -0.25) is 9.59 Å². The first-order valence-corrected chi connectivity index (χ1v) is 9.83. The van der Waals surface area contributed by atoms with Gasteiger partial charge in [0.25, 0.3) is 11.8 Å². The fraction of sp³-hybridized carbons (Fsp3) is 0.353. The highest BCUT2D eigenvalue weighted by Gasteiger charge is 2.40. The van der Waals surface area contributed by atoms with Gasteiger partial charge in [-0.2, -0.15) is 17.6 Å². The van der Waals surface area contributed by atoms with Gasteiger partial charge in [0.1, 0.15) is 4.90 Å². The van der Waals surface area contributed by atoms with E-state index in [0.29, 0.717) is 0 Å². The maximum atomic E-state index is 12.7. The standard InChI is InChI=1S/C17H22N4O5S/c1-5-20-13(15(22)18-3)14(16(23)19-4)21(6-2)17(20)26-27(24,25)12-10-8-7-9-11-12/h7-11H,5-6H2,1-4H3,(H-,18,19,22,23)/p+1. The number of hydrogen-bond donors (Lipinski definition) is 2. The molecule has 0 aliphatic carbocycles. The van der Waals surface area contributed by atoms with Crippen LogP contribution in [-0.4, -0.2) is 38.9 Å². The number of imidazole rings is 1. The first-order chi connectivity index (χ1) is 12.8. The van der Waals surface area contributed by atoms with E-state index in [1.54, 1.807) is 32.0 Å². The second kappa shape index (κ2) is 8.21. The summed E-state index contributed by atoms with van der Waals surface area (Å²) >= 11 is 0. The van der Waals surface area contributed by atoms with Crippen molar-refractivity contribution < 1.29 is 26.8 Å². The molecule has 0 unspecified atom stereocenters. The average Bonchev–Trinajstić information content (AvgIpc) is 2.99. The molecule has 0 fully saturated rings. The Hall–Kier alpha value is -2.88. The molecule has 27 heavy (non-hydrogen) atoms. The lowest BCUT2D eigenvalue weighted by atomic mass is 10.2. The third-order valence-corrected chi connectivity index (χ3v) is 5.18. The smallest absolute Gasteiger partial charge is 0.352 e. The maximum Gasteiger partial charge on any atom is 0.473 e. The van der Waals surface area contributed by atoms with E-state index >= 15 is 0 Å². The van der Waals surface area contributed by atoms with Crippen molar-refractivity contribution in [1.82, 2.24) is 15.2 Å². The molecule has 9 nitrogen and oxygen atoms in total. The van der Waals surface area contributed by atoms with Crippen LogP contribution in [0.3, 0.4) is 0 Å². The van der Waals surface area contributed by atoms with Gasteiger partial charge in [-0.1, -0.05) is 18.2 Å². The molecule has 0 saturated heterocycles. The van der Waals surface area contributed by atoms with Crippen LogP contribution in [-0.2, 0) is 23.2 Å². The van der Waals surface area contributed by atoms with Gasteiger partial charge in [-0.25, -0.2) is 0 Å². The Morgan fingerprint density at radius 2 is 1.67 bits per heavy atom. The minimum absolute atomic E-state index is 0.0273. The van der Waals surface area contributed by atoms with Crippen LogP contribution in [0.15, 0.2) is 35.2 Å². The molecule has 0 atom stereocenters. The van der Waals surface area contributed by atoms with Gasteiger partial charge in [-0.05, 0) is 26.0 Å². The van der Waals surface area contributed by atoms with Crippen molar-refractivity contribution in [2.75, 3.05) is 14.1 Å². The highest BCUT2D eigenvalue weighted by Crippen LogP contribution is 2.21. The summed E-state index contributed by atoms with van der Waals surface area (Å²) in [5.41, 5.74) is 0.0546. The van der Waals surface area contributed by atoms with Crippen LogP contribution in [0.4, 0.5) is 0 Å². The number of nitrogens with zero attached hydrogens (tertiary/aromatic N) is 2. The number of aromatic nitrogens is 2. The van der Waals surface area contributed by atoms with Crippen LogP contribution < -0.4 is 19.4 Å². The lowest BCUT2D eigenvalue weighted by molar-refractivity contribution is -0.697. The topological polar surface area (TPSA) is 110 Å². The van der Waals surface area contributed by atoms with Crippen molar-refractivity contribution in [1.29, 1.82) is 0 Å². The van der Waals surface area contributed by atoms with Crippen LogP contribution in [0.5, 0.6) is 6.01 Å². The molecule has 0 aliphatic rings. The number of amides is 2. The highest BCUT2D eigenvalue weighted by molar-refractivity contribution is 7.87. The quantitative estimate of drug-likeness (QED) is 0.518. The largest absolute Gasteiger partial charge is 0.473 e. The Labute approximate surface area is 158 Å². The zero-order valence-corrected chi connectivity index (χ0v) is 16.5. The second-order valence-electron chi connectivity index (χ2n) is 5.48. The lowest BCUT2D eigenvalue weighted by Crippen LogP contribution is -2.43. The van der Waals surface area contributed by atoms with Gasteiger partial charge in [-0.15, -0.1) is 0 Å². The van der Waals surface area contributed by atoms with Crippen molar-refractivity contribution >= 4 is 21.9 Å². The van der Waals surface area contributed by atoms with E-state index in [4.69, 9.17) is 4.18 Å². The molecule has 0 spiro atoms. The Morgan fingerprint density at radius 1 is 1.07 bits per heavy atom. The minimum atomic E-state index is -4.15. The van der Waals surface area contributed by atoms with Crippen LogP contribution in [0, 0.1) is 0 Å². The van der Waals surface area contributed by atoms with E-state index in [-0.39, 0.29) is 35.4 Å². The van der Waals surface area contributed by atoms with E-state index in [0.717, 1.165) is 0 Å². The molecule has 2 amide bonds. The zero-order chi connectivity index (χ0) is 20.2. The number of hydrogen-bond acceptors (Lipinski definition) is 5. The number of carbonyl (C=O) groups is 2. The fourth-order valence-corrected chi connectivity index (χ4v) is 3.66. The molecule has 1 heterocycles. The Morgan fingerprint density at radius 3 is 2.15 bits per heavy atom. The third-order valence-electron chi connectivity index (χ3n) is 3.96. The predicted octanol–water partition coefficient (Wildman–Crippen LogP) is 0.302. The molecular formula is C17H23N4O5S+. The number of rotatable bonds is 7. The molecule has 10 heteroatoms. The van der Waals surface area contributed by atoms with Crippen molar-refractivity contribution in [2.24, 2.45) is 0 Å². The Bertz CT molecular complexity index is 910. The highest BCUT2D eigenvalue weighted by atomic mass is 32.2. The molecular weight excluding hydrogens is 372 g/mol. The summed E-state index contributed by atoms with van der Waals surface area (Å²) in [6.07, 6.45) is 0. The van der Waals surface area contributed by atoms with Gasteiger partial charge in [0.15, 0.2) is 0 Å². The van der Waals surface area contributed by atoms with Crippen LogP contribution in [0.2, 0.25) is 0 Å². The van der Waals surface area contributed by atoms with Gasteiger partial charge < -0.3 is 14.8 Å². The number of nitrogens with one attached hydrogen (secondary N) is 2. The van der Waals surface area contributed by atoms with Crippen LogP contribution >= 0.6 is 0 Å². The fourth-order valence-electron chi connectivity index (χ4n) is 2.70. The van der Waals surface area contributed by atoms with Crippen LogP contribution in [0.25, 0.3) is 0 Å². The summed E-state index contributed by atoms with van der Waals surface area (Å²) in [5, 5.41) is 4.95. The monoisotopic (exact) mass is 395 g/mol. The summed E-state index contributed by atoms with van der Waals surface area (Å²) < 4.78 is 33.5. The van der Waals surface area contributed by atoms with E-state index in [1.165, 1.54) is 35.4 Å². The Kier molecular flexibility index (Phi) is 6.21. The number of carbonyl (C=O) groups excluding carboxylic acids is 2. The van der Waals surface area contributed by atoms with E-state index in [2.05, 4.69) is 10.6 Å². The van der Waals surface area contributed by atoms with Gasteiger partial charge in [0.05, 0.1) is 13.1 Å². The summed E-state index contributed by atoms with van der Waals surface area (Å²) in [4.78, 5) is 24.8. The van der Waals surface area contributed by atoms with E-state index < -0.39 is 21.9 Å². The normalized spacial score (nSPS) is 11.1. The molecule has 0 radical (unpaired) electrons. The summed E-state index contributed by atoms with van der Waals surface area (Å²) in [7, 11) is -1.29. The molecule has 2 N–H and O–H groups in total. The maximum absolute atomic E-state index is 12.7. The molecule has 0 saturated carbocycles. The van der Waals surface area contributed by atoms with Gasteiger partial charge in [0.2, 0.25) is 11.4 Å². The van der Waals surface area contributed by atoms with Gasteiger partial charge in [0, 0.05) is 14.1 Å². The number of benzene rings is 1. The molecule has 0 bridgehead atoms. The SMILES string of the molecule is CCn1c(C(=O)NC)c(C(=O)NC)[n+](CC)c1OS(=O)(=O)c1ccccc1. The van der Waals surface area contributed by atoms with E-state index in [1.807, 2.05) is 0 Å².